The van der Waals surface area contributed by atoms with Gasteiger partial charge in [0.15, 0.2) is 0 Å². The van der Waals surface area contributed by atoms with Crippen LogP contribution in [0.3, 0.4) is 0 Å². The fourth-order valence-electron chi connectivity index (χ4n) is 8.13. The van der Waals surface area contributed by atoms with Crippen LogP contribution in [0.2, 0.25) is 0 Å². The number of aliphatic hydroxyl groups excluding tert-OH is 1. The highest BCUT2D eigenvalue weighted by molar-refractivity contribution is 5.77. The fraction of sp³-hybridized carbons (Fsp3) is 0.650. The zero-order chi connectivity index (χ0) is 33.9. The van der Waals surface area contributed by atoms with E-state index in [0.717, 1.165) is 116 Å². The summed E-state index contributed by atoms with van der Waals surface area (Å²) in [6.07, 6.45) is 25.5. The molecule has 47 heavy (non-hydrogen) atoms. The standard InChI is InChI=1S/C36H55N3O2.C4H7NO/c1-6-9-14-19-31-29(8-3)17-15-12-10-11-13-16-18-30-27-32(40)33(31)34-36(30,28-38-25-23-37(5)24-26-38)21-20-35(4,41)39(34)22-7-2;6-4-2-1-3-5-4/h9,11-14,16-17,27,32,34,40-41H,6-8,15,18-26,28H2,1-5H3;1-3H2,(H,5,6)/b14-9-,16-13-,29-17?,33-31+;. The van der Waals surface area contributed by atoms with Gasteiger partial charge in [-0.3, -0.25) is 14.6 Å². The molecule has 3 heterocycles. The van der Waals surface area contributed by atoms with E-state index in [4.69, 9.17) is 0 Å². The molecule has 1 amide bonds. The van der Waals surface area contributed by atoms with E-state index in [9.17, 15) is 15.0 Å². The van der Waals surface area contributed by atoms with E-state index in [1.54, 1.807) is 0 Å². The Morgan fingerprint density at radius 3 is 2.55 bits per heavy atom. The van der Waals surface area contributed by atoms with Gasteiger partial charge in [0.05, 0.1) is 6.10 Å². The maximum Gasteiger partial charge on any atom is 0.220 e. The van der Waals surface area contributed by atoms with Gasteiger partial charge in [0.1, 0.15) is 5.72 Å². The summed E-state index contributed by atoms with van der Waals surface area (Å²) in [5, 5.41) is 26.8. The first-order chi connectivity index (χ1) is 22.7. The van der Waals surface area contributed by atoms with Crippen molar-refractivity contribution in [2.75, 3.05) is 52.9 Å². The number of piperidine rings is 1. The summed E-state index contributed by atoms with van der Waals surface area (Å²) in [6.45, 7) is 15.5. The van der Waals surface area contributed by atoms with E-state index in [1.165, 1.54) is 16.7 Å². The van der Waals surface area contributed by atoms with Gasteiger partial charge < -0.3 is 20.4 Å². The second-order valence-corrected chi connectivity index (χ2v) is 14.1. The fourth-order valence-corrected chi connectivity index (χ4v) is 8.13. The third-order valence-electron chi connectivity index (χ3n) is 10.7. The number of carbonyl (C=O) groups excluding carboxylic acids is 1. The van der Waals surface area contributed by atoms with Gasteiger partial charge in [-0.25, -0.2) is 0 Å². The van der Waals surface area contributed by atoms with Gasteiger partial charge in [0.25, 0.3) is 0 Å². The van der Waals surface area contributed by atoms with Gasteiger partial charge in [-0.2, -0.15) is 0 Å². The predicted molar refractivity (Wildman–Crippen MR) is 194 cm³/mol. The van der Waals surface area contributed by atoms with Crippen LogP contribution in [0, 0.1) is 5.41 Å². The molecular formula is C40H62N4O3. The van der Waals surface area contributed by atoms with E-state index in [2.05, 4.69) is 96.1 Å². The molecule has 7 heteroatoms. The highest BCUT2D eigenvalue weighted by Crippen LogP contribution is 2.55. The van der Waals surface area contributed by atoms with Crippen molar-refractivity contribution in [1.29, 1.82) is 0 Å². The van der Waals surface area contributed by atoms with Crippen LogP contribution in [0.5, 0.6) is 0 Å². The molecule has 4 atom stereocenters. The van der Waals surface area contributed by atoms with Gasteiger partial charge in [0, 0.05) is 63.7 Å². The van der Waals surface area contributed by atoms with Crippen molar-refractivity contribution in [2.24, 2.45) is 5.41 Å². The lowest BCUT2D eigenvalue weighted by Crippen LogP contribution is -2.68. The van der Waals surface area contributed by atoms with Crippen LogP contribution in [-0.2, 0) is 4.79 Å². The molecule has 0 aromatic carbocycles. The number of aliphatic hydroxyl groups is 2. The molecule has 5 rings (SSSR count). The minimum atomic E-state index is -0.924. The molecule has 3 saturated heterocycles. The van der Waals surface area contributed by atoms with Crippen molar-refractivity contribution >= 4 is 5.91 Å². The molecule has 2 aliphatic carbocycles. The maximum atomic E-state index is 12.1. The van der Waals surface area contributed by atoms with Gasteiger partial charge >= 0.3 is 0 Å². The Labute approximate surface area is 285 Å². The molecule has 7 nitrogen and oxygen atoms in total. The third kappa shape index (κ3) is 9.35. The Kier molecular flexibility index (Phi) is 14.1. The van der Waals surface area contributed by atoms with E-state index in [1.807, 2.05) is 13.0 Å². The second kappa shape index (κ2) is 17.8. The van der Waals surface area contributed by atoms with E-state index in [-0.39, 0.29) is 17.4 Å². The lowest BCUT2D eigenvalue weighted by atomic mass is 9.58. The van der Waals surface area contributed by atoms with Crippen molar-refractivity contribution in [1.82, 2.24) is 20.0 Å². The number of hydrogen-bond donors (Lipinski definition) is 3. The molecule has 2 bridgehead atoms. The van der Waals surface area contributed by atoms with Crippen molar-refractivity contribution < 1.29 is 15.0 Å². The average molecular weight is 647 g/mol. The summed E-state index contributed by atoms with van der Waals surface area (Å²) in [5.41, 5.74) is 7.23. The van der Waals surface area contributed by atoms with Crippen molar-refractivity contribution in [2.45, 2.75) is 110 Å². The van der Waals surface area contributed by atoms with Gasteiger partial charge in [0.2, 0.25) is 5.91 Å². The highest BCUT2D eigenvalue weighted by Gasteiger charge is 2.57. The number of piperazine rings is 1. The monoisotopic (exact) mass is 646 g/mol. The van der Waals surface area contributed by atoms with Crippen LogP contribution in [0.1, 0.15) is 91.9 Å². The zero-order valence-electron chi connectivity index (χ0n) is 29.9. The number of nitrogens with zero attached hydrogens (tertiary/aromatic N) is 3. The Hall–Kier alpha value is -2.51. The van der Waals surface area contributed by atoms with E-state index < -0.39 is 11.8 Å². The second-order valence-electron chi connectivity index (χ2n) is 14.1. The lowest BCUT2D eigenvalue weighted by Gasteiger charge is -2.61. The molecule has 3 N–H and O–H groups in total. The van der Waals surface area contributed by atoms with E-state index in [0.29, 0.717) is 0 Å². The normalized spacial score (nSPS) is 33.1. The summed E-state index contributed by atoms with van der Waals surface area (Å²) in [6, 6.07) is -0.0664. The molecule has 4 unspecified atom stereocenters. The number of amides is 1. The van der Waals surface area contributed by atoms with Crippen LogP contribution in [0.15, 0.2) is 76.6 Å². The van der Waals surface area contributed by atoms with Gasteiger partial charge in [-0.1, -0.05) is 62.8 Å². The Morgan fingerprint density at radius 2 is 1.91 bits per heavy atom. The zero-order valence-corrected chi connectivity index (χ0v) is 29.9. The number of allylic oxidation sites excluding steroid dienone is 8. The number of hydrogen-bond acceptors (Lipinski definition) is 6. The molecule has 3 fully saturated rings. The smallest absolute Gasteiger partial charge is 0.220 e. The highest BCUT2D eigenvalue weighted by atomic mass is 16.3. The van der Waals surface area contributed by atoms with Gasteiger partial charge in [-0.15, -0.1) is 5.73 Å². The number of likely N-dealkylation sites (tertiary alicyclic amines) is 1. The van der Waals surface area contributed by atoms with Crippen LogP contribution in [0.4, 0.5) is 0 Å². The quantitative estimate of drug-likeness (QED) is 0.220. The van der Waals surface area contributed by atoms with Crippen molar-refractivity contribution in [3.8, 4) is 0 Å². The number of fused-ring (bicyclic) bond motifs is 5. The molecule has 0 radical (unpaired) electrons. The number of likely N-dealkylation sites (N-methyl/N-ethyl adjacent to an activating group) is 1. The number of rotatable bonds is 8. The molecule has 5 aliphatic rings. The minimum absolute atomic E-state index is 0.0664. The van der Waals surface area contributed by atoms with Crippen LogP contribution >= 0.6 is 0 Å². The summed E-state index contributed by atoms with van der Waals surface area (Å²) in [4.78, 5) is 17.6. The predicted octanol–water partition coefficient (Wildman–Crippen LogP) is 6.05. The van der Waals surface area contributed by atoms with Crippen LogP contribution in [-0.4, -0.2) is 102 Å². The van der Waals surface area contributed by atoms with Crippen LogP contribution < -0.4 is 5.32 Å². The molecule has 0 saturated carbocycles. The summed E-state index contributed by atoms with van der Waals surface area (Å²) < 4.78 is 0. The summed E-state index contributed by atoms with van der Waals surface area (Å²) in [7, 11) is 2.22. The maximum absolute atomic E-state index is 12.1. The topological polar surface area (TPSA) is 79.3 Å². The summed E-state index contributed by atoms with van der Waals surface area (Å²) >= 11 is 0. The molecule has 3 aliphatic heterocycles. The molecular weight excluding hydrogens is 584 g/mol. The number of nitrogens with one attached hydrogen (secondary N) is 1. The Balaban J connectivity index is 0.000000748. The average Bonchev–Trinajstić information content (AvgIpc) is 3.54. The lowest BCUT2D eigenvalue weighted by molar-refractivity contribution is -0.174. The van der Waals surface area contributed by atoms with E-state index >= 15 is 0 Å². The first kappa shape index (κ1) is 37.3. The van der Waals surface area contributed by atoms with Crippen molar-refractivity contribution in [3.63, 3.8) is 0 Å². The van der Waals surface area contributed by atoms with Gasteiger partial charge in [-0.05, 0) is 101 Å². The first-order valence-corrected chi connectivity index (χ1v) is 18.4. The molecule has 0 aromatic rings. The Morgan fingerprint density at radius 1 is 1.13 bits per heavy atom. The first-order valence-electron chi connectivity index (χ1n) is 18.4. The Bertz CT molecular complexity index is 1270. The largest absolute Gasteiger partial charge is 0.385 e. The molecule has 260 valence electrons. The van der Waals surface area contributed by atoms with Crippen LogP contribution in [0.25, 0.3) is 0 Å². The molecule has 0 aromatic heterocycles. The van der Waals surface area contributed by atoms with Crippen molar-refractivity contribution in [3.05, 3.63) is 76.6 Å². The minimum Gasteiger partial charge on any atom is -0.385 e. The third-order valence-corrected chi connectivity index (χ3v) is 10.7. The number of carbonyl (C=O) groups is 1. The summed E-state index contributed by atoms with van der Waals surface area (Å²) in [5.74, 6) is 0.204. The SMILES string of the molecule is CC/C=C\C/C1=C2/C(O)C=C(C/C=C\C=C=CCC=C1CC)C1(CN3CCN(C)CC3)CCC(C)(O)N(CCC)C21.O=C1CCCN1. The molecule has 0 spiro atoms.